The Bertz CT molecular complexity index is 600. The summed E-state index contributed by atoms with van der Waals surface area (Å²) in [7, 11) is 1.44. The summed E-state index contributed by atoms with van der Waals surface area (Å²) in [5, 5.41) is 0. The molecule has 110 valence electrons. The predicted molar refractivity (Wildman–Crippen MR) is 76.9 cm³/mol. The van der Waals surface area contributed by atoms with Crippen molar-refractivity contribution in [3.8, 4) is 5.75 Å². The lowest BCUT2D eigenvalue weighted by Gasteiger charge is -2.15. The average molecular weight is 301 g/mol. The lowest BCUT2D eigenvalue weighted by Crippen LogP contribution is -2.18. The Hall–Kier alpha value is -1.33. The van der Waals surface area contributed by atoms with Crippen LogP contribution in [0.25, 0.3) is 11.0 Å². The molecule has 0 spiro atoms. The quantitative estimate of drug-likeness (QED) is 0.768. The van der Waals surface area contributed by atoms with Gasteiger partial charge in [0.25, 0.3) is 0 Å². The Morgan fingerprint density at radius 1 is 1.45 bits per heavy atom. The zero-order valence-corrected chi connectivity index (χ0v) is 12.6. The molecule has 0 aliphatic heterocycles. The number of nitrogens with zero attached hydrogens (tertiary/aromatic N) is 2. The number of benzene rings is 1. The summed E-state index contributed by atoms with van der Waals surface area (Å²) in [5.41, 5.74) is 1.37. The van der Waals surface area contributed by atoms with Crippen molar-refractivity contribution in [1.29, 1.82) is 0 Å². The lowest BCUT2D eigenvalue weighted by molar-refractivity contribution is 0.0643. The van der Waals surface area contributed by atoms with E-state index in [2.05, 4.69) is 4.98 Å². The smallest absolute Gasteiger partial charge is 0.167 e. The monoisotopic (exact) mass is 300 g/mol. The van der Waals surface area contributed by atoms with E-state index in [4.69, 9.17) is 21.1 Å². The molecule has 2 aromatic rings. The molecule has 1 atom stereocenters. The van der Waals surface area contributed by atoms with Crippen LogP contribution in [0.1, 0.15) is 19.7 Å². The van der Waals surface area contributed by atoms with Crippen molar-refractivity contribution in [2.45, 2.75) is 32.4 Å². The standard InChI is InChI=1S/C14H18ClFN2O2/c1-4-20-9(2)8-18-12-6-13(19-3)10(16)5-11(12)17-14(18)7-15/h5-6,9H,4,7-8H2,1-3H3. The molecule has 4 nitrogen and oxygen atoms in total. The second kappa shape index (κ2) is 6.41. The fraction of sp³-hybridized carbons (Fsp3) is 0.500. The number of hydrogen-bond donors (Lipinski definition) is 0. The Morgan fingerprint density at radius 2 is 2.20 bits per heavy atom. The third kappa shape index (κ3) is 2.88. The number of halogens is 2. The number of aromatic nitrogens is 2. The van der Waals surface area contributed by atoms with Gasteiger partial charge in [0.2, 0.25) is 0 Å². The van der Waals surface area contributed by atoms with Gasteiger partial charge in [-0.25, -0.2) is 9.37 Å². The summed E-state index contributed by atoms with van der Waals surface area (Å²) in [5.74, 6) is 0.727. The van der Waals surface area contributed by atoms with E-state index < -0.39 is 5.82 Å². The van der Waals surface area contributed by atoms with Crippen molar-refractivity contribution < 1.29 is 13.9 Å². The fourth-order valence-electron chi connectivity index (χ4n) is 2.23. The molecule has 0 saturated heterocycles. The fourth-order valence-corrected chi connectivity index (χ4v) is 2.44. The molecule has 0 N–H and O–H groups in total. The van der Waals surface area contributed by atoms with Crippen LogP contribution >= 0.6 is 11.6 Å². The molecule has 1 aromatic carbocycles. The van der Waals surface area contributed by atoms with E-state index >= 15 is 0 Å². The van der Waals surface area contributed by atoms with Gasteiger partial charge in [0.15, 0.2) is 11.6 Å². The summed E-state index contributed by atoms with van der Waals surface area (Å²) < 4.78 is 26.2. The van der Waals surface area contributed by atoms with Gasteiger partial charge in [0, 0.05) is 18.7 Å². The van der Waals surface area contributed by atoms with Crippen LogP contribution in [0.15, 0.2) is 12.1 Å². The first-order valence-electron chi connectivity index (χ1n) is 6.50. The summed E-state index contributed by atoms with van der Waals surface area (Å²) in [4.78, 5) is 4.36. The molecule has 0 bridgehead atoms. The van der Waals surface area contributed by atoms with Crippen molar-refractivity contribution in [2.75, 3.05) is 13.7 Å². The van der Waals surface area contributed by atoms with Crippen LogP contribution in [0, 0.1) is 5.82 Å². The number of alkyl halides is 1. The van der Waals surface area contributed by atoms with Crippen molar-refractivity contribution in [3.63, 3.8) is 0 Å². The maximum atomic E-state index is 13.7. The first kappa shape index (κ1) is 15.1. The van der Waals surface area contributed by atoms with Crippen molar-refractivity contribution >= 4 is 22.6 Å². The number of hydrogen-bond acceptors (Lipinski definition) is 3. The molecule has 0 radical (unpaired) electrons. The van der Waals surface area contributed by atoms with Crippen molar-refractivity contribution in [1.82, 2.24) is 9.55 Å². The van der Waals surface area contributed by atoms with Gasteiger partial charge >= 0.3 is 0 Å². The minimum Gasteiger partial charge on any atom is -0.494 e. The maximum absolute atomic E-state index is 13.7. The number of imidazole rings is 1. The van der Waals surface area contributed by atoms with Crippen molar-refractivity contribution in [3.05, 3.63) is 23.8 Å². The normalized spacial score (nSPS) is 12.8. The molecular weight excluding hydrogens is 283 g/mol. The maximum Gasteiger partial charge on any atom is 0.167 e. The minimum atomic E-state index is -0.427. The van der Waals surface area contributed by atoms with Gasteiger partial charge < -0.3 is 14.0 Å². The van der Waals surface area contributed by atoms with Gasteiger partial charge in [-0.05, 0) is 13.8 Å². The topological polar surface area (TPSA) is 36.3 Å². The summed E-state index contributed by atoms with van der Waals surface area (Å²) in [6.07, 6.45) is 0.0235. The molecule has 0 aliphatic carbocycles. The van der Waals surface area contributed by atoms with Crippen LogP contribution in [0.2, 0.25) is 0 Å². The zero-order valence-electron chi connectivity index (χ0n) is 11.8. The minimum absolute atomic E-state index is 0.0235. The second-order valence-corrected chi connectivity index (χ2v) is 4.78. The predicted octanol–water partition coefficient (Wildman–Crippen LogP) is 3.35. The molecule has 0 amide bonds. The molecule has 1 heterocycles. The highest BCUT2D eigenvalue weighted by Crippen LogP contribution is 2.26. The van der Waals surface area contributed by atoms with Gasteiger partial charge in [-0.2, -0.15) is 0 Å². The van der Waals surface area contributed by atoms with Crippen LogP contribution in [0.5, 0.6) is 5.75 Å². The van der Waals surface area contributed by atoms with Gasteiger partial charge in [-0.3, -0.25) is 0 Å². The van der Waals surface area contributed by atoms with Gasteiger partial charge in [-0.1, -0.05) is 0 Å². The van der Waals surface area contributed by atoms with E-state index in [-0.39, 0.29) is 17.7 Å². The summed E-state index contributed by atoms with van der Waals surface area (Å²) >= 11 is 5.93. The lowest BCUT2D eigenvalue weighted by atomic mass is 10.2. The van der Waals surface area contributed by atoms with Crippen molar-refractivity contribution in [2.24, 2.45) is 0 Å². The highest BCUT2D eigenvalue weighted by molar-refractivity contribution is 6.16. The highest BCUT2D eigenvalue weighted by Gasteiger charge is 2.16. The average Bonchev–Trinajstić information content (AvgIpc) is 2.75. The van der Waals surface area contributed by atoms with Crippen LogP contribution in [0.4, 0.5) is 4.39 Å². The first-order valence-corrected chi connectivity index (χ1v) is 7.04. The third-order valence-electron chi connectivity index (χ3n) is 3.11. The molecule has 20 heavy (non-hydrogen) atoms. The zero-order chi connectivity index (χ0) is 14.7. The van der Waals surface area contributed by atoms with E-state index in [0.29, 0.717) is 24.5 Å². The van der Waals surface area contributed by atoms with Crippen LogP contribution < -0.4 is 4.74 Å². The molecule has 1 aromatic heterocycles. The Kier molecular flexibility index (Phi) is 4.83. The highest BCUT2D eigenvalue weighted by atomic mass is 35.5. The Labute approximate surface area is 122 Å². The molecular formula is C14H18ClFN2O2. The van der Waals surface area contributed by atoms with Crippen LogP contribution in [-0.2, 0) is 17.2 Å². The number of fused-ring (bicyclic) bond motifs is 1. The molecule has 2 rings (SSSR count). The van der Waals surface area contributed by atoms with Gasteiger partial charge in [-0.15, -0.1) is 11.6 Å². The molecule has 6 heteroatoms. The SMILES string of the molecule is CCOC(C)Cn1c(CCl)nc2cc(F)c(OC)cc21. The van der Waals surface area contributed by atoms with E-state index in [1.807, 2.05) is 18.4 Å². The largest absolute Gasteiger partial charge is 0.494 e. The molecule has 0 aliphatic rings. The van der Waals surface area contributed by atoms with Crippen LogP contribution in [0.3, 0.4) is 0 Å². The molecule has 0 fully saturated rings. The van der Waals surface area contributed by atoms with E-state index in [0.717, 1.165) is 5.52 Å². The van der Waals surface area contributed by atoms with Crippen LogP contribution in [-0.4, -0.2) is 29.4 Å². The van der Waals surface area contributed by atoms with Gasteiger partial charge in [0.05, 0.1) is 36.7 Å². The molecule has 0 saturated carbocycles. The van der Waals surface area contributed by atoms with E-state index in [9.17, 15) is 4.39 Å². The Balaban J connectivity index is 2.49. The summed E-state index contributed by atoms with van der Waals surface area (Å²) in [6, 6.07) is 3.01. The second-order valence-electron chi connectivity index (χ2n) is 4.51. The molecule has 1 unspecified atom stereocenters. The first-order chi connectivity index (χ1) is 9.60. The van der Waals surface area contributed by atoms with E-state index in [1.54, 1.807) is 6.07 Å². The van der Waals surface area contributed by atoms with Gasteiger partial charge in [0.1, 0.15) is 5.82 Å². The number of methoxy groups -OCH3 is 1. The third-order valence-corrected chi connectivity index (χ3v) is 3.35. The number of rotatable bonds is 6. The van der Waals surface area contributed by atoms with E-state index in [1.165, 1.54) is 13.2 Å². The Morgan fingerprint density at radius 3 is 2.80 bits per heavy atom. The summed E-state index contributed by atoms with van der Waals surface area (Å²) in [6.45, 7) is 5.18. The number of ether oxygens (including phenoxy) is 2.